The second-order valence-corrected chi connectivity index (χ2v) is 9.82. The van der Waals surface area contributed by atoms with E-state index >= 15 is 0 Å². The fraction of sp³-hybridized carbons (Fsp3) is 0.207. The largest absolute Gasteiger partial charge is 0.383 e. The molecule has 1 saturated heterocycles. The van der Waals surface area contributed by atoms with Crippen LogP contribution in [0.2, 0.25) is 0 Å². The molecular formula is C29H25N11O2. The van der Waals surface area contributed by atoms with Gasteiger partial charge in [0.2, 0.25) is 5.82 Å². The number of benzene rings is 1. The number of nitrogens with two attached hydrogens (primary N) is 1. The number of rotatable bonds is 6. The summed E-state index contributed by atoms with van der Waals surface area (Å²) in [5, 5.41) is 44.1. The molecule has 0 atom stereocenters. The average molecular weight is 560 g/mol. The molecule has 0 amide bonds. The highest BCUT2D eigenvalue weighted by Gasteiger charge is 2.37. The Morgan fingerprint density at radius 1 is 0.905 bits per heavy atom. The predicted octanol–water partition coefficient (Wildman–Crippen LogP) is 2.27. The van der Waals surface area contributed by atoms with Crippen molar-refractivity contribution in [3.63, 3.8) is 0 Å². The van der Waals surface area contributed by atoms with Crippen LogP contribution in [0.4, 0.5) is 11.6 Å². The van der Waals surface area contributed by atoms with E-state index in [-0.39, 0.29) is 17.6 Å². The minimum absolute atomic E-state index is 0.0551. The number of hydrogen-bond acceptors (Lipinski definition) is 12. The van der Waals surface area contributed by atoms with Gasteiger partial charge in [0.15, 0.2) is 11.5 Å². The first-order valence-corrected chi connectivity index (χ1v) is 13.2. The van der Waals surface area contributed by atoms with Crippen LogP contribution in [-0.2, 0) is 5.91 Å². The van der Waals surface area contributed by atoms with E-state index in [0.29, 0.717) is 71.4 Å². The van der Waals surface area contributed by atoms with Gasteiger partial charge >= 0.3 is 0 Å². The van der Waals surface area contributed by atoms with Crippen LogP contribution >= 0.6 is 0 Å². The third kappa shape index (κ3) is 4.95. The smallest absolute Gasteiger partial charge is 0.253 e. The SMILES string of the molecule is N#Cc1ccc2nc(-c3cccnc3N)n(-c3ccc(C(O)(O)N4CCC(Nc5ccnc(C#N)n5)CC4)cc3)c2n1. The number of hydrogen-bond donors (Lipinski definition) is 4. The van der Waals surface area contributed by atoms with Crippen molar-refractivity contribution in [2.24, 2.45) is 0 Å². The molecule has 4 aromatic heterocycles. The number of nitrogens with one attached hydrogen (secondary N) is 1. The molecule has 13 nitrogen and oxygen atoms in total. The monoisotopic (exact) mass is 559 g/mol. The number of pyridine rings is 2. The lowest BCUT2D eigenvalue weighted by atomic mass is 10.0. The van der Waals surface area contributed by atoms with Crippen molar-refractivity contribution >= 4 is 22.8 Å². The van der Waals surface area contributed by atoms with Gasteiger partial charge in [-0.25, -0.2) is 29.8 Å². The van der Waals surface area contributed by atoms with E-state index in [1.165, 1.54) is 6.20 Å². The first-order chi connectivity index (χ1) is 20.4. The summed E-state index contributed by atoms with van der Waals surface area (Å²) in [6, 6.07) is 19.4. The summed E-state index contributed by atoms with van der Waals surface area (Å²) in [6.07, 6.45) is 4.39. The summed E-state index contributed by atoms with van der Waals surface area (Å²) in [6.45, 7) is 0.833. The number of nitrogen functional groups attached to an aromatic ring is 1. The molecule has 0 radical (unpaired) electrons. The number of piperidine rings is 1. The van der Waals surface area contributed by atoms with Gasteiger partial charge in [0, 0.05) is 42.8 Å². The maximum atomic E-state index is 11.2. The third-order valence-corrected chi connectivity index (χ3v) is 7.25. The maximum absolute atomic E-state index is 11.2. The van der Waals surface area contributed by atoms with Crippen molar-refractivity contribution in [2.45, 2.75) is 24.8 Å². The van der Waals surface area contributed by atoms with Crippen LogP contribution in [0.1, 0.15) is 29.9 Å². The second-order valence-electron chi connectivity index (χ2n) is 9.82. The lowest BCUT2D eigenvalue weighted by Crippen LogP contribution is -2.51. The summed E-state index contributed by atoms with van der Waals surface area (Å²) in [5.74, 6) is -0.770. The molecule has 5 heterocycles. The lowest BCUT2D eigenvalue weighted by molar-refractivity contribution is -0.279. The molecule has 0 unspecified atom stereocenters. The standard InChI is InChI=1S/C29H25N11O2/c30-16-20-5-8-23-28(36-20)40(27(37-23)22-2-1-12-34-26(22)32)21-6-3-18(4-7-21)29(41,42)39-14-10-19(11-15-39)35-24-9-13-33-25(17-31)38-24/h1-9,12-13,19,41-42H,10-11,14-15H2,(H2,32,34)(H,33,35,38). The normalized spacial score (nSPS) is 14.4. The molecule has 0 bridgehead atoms. The molecule has 1 aromatic carbocycles. The van der Waals surface area contributed by atoms with Crippen LogP contribution in [-0.4, -0.2) is 63.7 Å². The highest BCUT2D eigenvalue weighted by Crippen LogP contribution is 2.32. The minimum atomic E-state index is -2.20. The fourth-order valence-corrected chi connectivity index (χ4v) is 5.11. The van der Waals surface area contributed by atoms with E-state index in [9.17, 15) is 15.5 Å². The Morgan fingerprint density at radius 3 is 2.40 bits per heavy atom. The molecule has 1 aliphatic heterocycles. The number of aliphatic hydroxyl groups is 2. The highest BCUT2D eigenvalue weighted by molar-refractivity contribution is 5.83. The van der Waals surface area contributed by atoms with Crippen molar-refractivity contribution in [3.8, 4) is 29.2 Å². The Balaban J connectivity index is 1.25. The molecule has 0 aliphatic carbocycles. The Labute approximate surface area is 240 Å². The van der Waals surface area contributed by atoms with Crippen LogP contribution in [0.3, 0.4) is 0 Å². The van der Waals surface area contributed by atoms with Crippen LogP contribution in [0.25, 0.3) is 28.2 Å². The summed E-state index contributed by atoms with van der Waals surface area (Å²) in [7, 11) is 0. The van der Waals surface area contributed by atoms with Crippen LogP contribution in [0, 0.1) is 22.7 Å². The lowest BCUT2D eigenvalue weighted by Gasteiger charge is -2.40. The summed E-state index contributed by atoms with van der Waals surface area (Å²) >= 11 is 0. The molecule has 42 heavy (non-hydrogen) atoms. The van der Waals surface area contributed by atoms with Crippen LogP contribution in [0.5, 0.6) is 0 Å². The zero-order chi connectivity index (χ0) is 29.3. The van der Waals surface area contributed by atoms with Gasteiger partial charge in [-0.05, 0) is 55.3 Å². The number of aromatic nitrogens is 6. The Kier molecular flexibility index (Phi) is 6.90. The molecule has 1 fully saturated rings. The first kappa shape index (κ1) is 26.7. The van der Waals surface area contributed by atoms with Crippen molar-refractivity contribution in [3.05, 3.63) is 84.1 Å². The van der Waals surface area contributed by atoms with Crippen molar-refractivity contribution < 1.29 is 10.2 Å². The van der Waals surface area contributed by atoms with E-state index in [1.807, 2.05) is 6.07 Å². The first-order valence-electron chi connectivity index (χ1n) is 13.2. The van der Waals surface area contributed by atoms with Gasteiger partial charge < -0.3 is 21.3 Å². The molecule has 0 spiro atoms. The van der Waals surface area contributed by atoms with Gasteiger partial charge in [0.05, 0.1) is 5.56 Å². The Morgan fingerprint density at radius 2 is 1.69 bits per heavy atom. The van der Waals surface area contributed by atoms with Gasteiger partial charge in [-0.2, -0.15) is 10.5 Å². The van der Waals surface area contributed by atoms with E-state index in [0.717, 1.165) is 0 Å². The molecule has 0 saturated carbocycles. The maximum Gasteiger partial charge on any atom is 0.253 e. The minimum Gasteiger partial charge on any atom is -0.383 e. The summed E-state index contributed by atoms with van der Waals surface area (Å²) in [4.78, 5) is 23.0. The Hall–Kier alpha value is -5.47. The number of nitrogens with zero attached hydrogens (tertiary/aromatic N) is 9. The van der Waals surface area contributed by atoms with Crippen LogP contribution < -0.4 is 11.1 Å². The number of nitriles is 2. The van der Waals surface area contributed by atoms with Crippen molar-refractivity contribution in [1.29, 1.82) is 10.5 Å². The van der Waals surface area contributed by atoms with Gasteiger partial charge in [-0.3, -0.25) is 4.57 Å². The van der Waals surface area contributed by atoms with Crippen molar-refractivity contribution in [1.82, 2.24) is 34.4 Å². The van der Waals surface area contributed by atoms with Crippen molar-refractivity contribution in [2.75, 3.05) is 24.1 Å². The molecule has 5 N–H and O–H groups in total. The molecule has 1 aliphatic rings. The number of imidazole rings is 1. The van der Waals surface area contributed by atoms with E-state index in [4.69, 9.17) is 16.0 Å². The van der Waals surface area contributed by atoms with Gasteiger partial charge in [-0.15, -0.1) is 0 Å². The van der Waals surface area contributed by atoms with Gasteiger partial charge in [0.1, 0.15) is 35.0 Å². The number of anilines is 2. The predicted molar refractivity (Wildman–Crippen MR) is 152 cm³/mol. The third-order valence-electron chi connectivity index (χ3n) is 7.25. The zero-order valence-corrected chi connectivity index (χ0v) is 22.3. The highest BCUT2D eigenvalue weighted by atomic mass is 16.5. The topological polar surface area (TPSA) is 199 Å². The summed E-state index contributed by atoms with van der Waals surface area (Å²) in [5.41, 5.74) is 8.97. The quantitative estimate of drug-likeness (QED) is 0.222. The Bertz CT molecular complexity index is 1850. The molecule has 6 rings (SSSR count). The van der Waals surface area contributed by atoms with Gasteiger partial charge in [-0.1, -0.05) is 12.1 Å². The number of fused-ring (bicyclic) bond motifs is 1. The summed E-state index contributed by atoms with van der Waals surface area (Å²) < 4.78 is 1.77. The van der Waals surface area contributed by atoms with Crippen LogP contribution in [0.15, 0.2) is 67.0 Å². The molecule has 5 aromatic rings. The molecular weight excluding hydrogens is 534 g/mol. The second kappa shape index (κ2) is 10.8. The molecule has 208 valence electrons. The van der Waals surface area contributed by atoms with E-state index in [2.05, 4.69) is 31.3 Å². The fourth-order valence-electron chi connectivity index (χ4n) is 5.11. The number of likely N-dealkylation sites (tertiary alicyclic amines) is 1. The average Bonchev–Trinajstić information content (AvgIpc) is 3.40. The zero-order valence-electron chi connectivity index (χ0n) is 22.3. The molecule has 13 heteroatoms. The van der Waals surface area contributed by atoms with Gasteiger partial charge in [0.25, 0.3) is 5.91 Å². The van der Waals surface area contributed by atoms with E-state index in [1.54, 1.807) is 70.3 Å². The van der Waals surface area contributed by atoms with E-state index < -0.39 is 5.91 Å².